The van der Waals surface area contributed by atoms with Crippen molar-refractivity contribution in [2.24, 2.45) is 0 Å². The Bertz CT molecular complexity index is 1230. The average molecular weight is 438 g/mol. The van der Waals surface area contributed by atoms with Crippen LogP contribution in [0.5, 0.6) is 0 Å². The van der Waals surface area contributed by atoms with Gasteiger partial charge >= 0.3 is 6.18 Å². The number of benzene rings is 2. The Morgan fingerprint density at radius 3 is 2.66 bits per heavy atom. The molecular weight excluding hydrogens is 417 g/mol. The summed E-state index contributed by atoms with van der Waals surface area (Å²) >= 11 is 0. The number of aromatic nitrogens is 3. The molecule has 164 valence electrons. The standard InChI is InChI=1S/C24H21F3N4O/c25-24(26,27)17-8-4-9-18(12-17)31-14-20(16-6-2-1-3-7-16)21-22(29-15-30-23(21)31)28-13-19-10-5-11-32-19/h1-4,6-9,12,14-15,19H,5,10-11,13H2,(H,28,29,30). The van der Waals surface area contributed by atoms with Gasteiger partial charge < -0.3 is 14.6 Å². The molecule has 5 nitrogen and oxygen atoms in total. The fourth-order valence-electron chi connectivity index (χ4n) is 4.08. The van der Waals surface area contributed by atoms with Gasteiger partial charge in [0.2, 0.25) is 0 Å². The lowest BCUT2D eigenvalue weighted by molar-refractivity contribution is -0.137. The maximum atomic E-state index is 13.3. The minimum Gasteiger partial charge on any atom is -0.376 e. The SMILES string of the molecule is FC(F)(F)c1cccc(-n2cc(-c3ccccc3)c3c(NCC4CCCO4)ncnc32)c1. The van der Waals surface area contributed by atoms with Gasteiger partial charge in [0.15, 0.2) is 5.65 Å². The molecule has 1 N–H and O–H groups in total. The normalized spacial score (nSPS) is 16.5. The van der Waals surface area contributed by atoms with Crippen molar-refractivity contribution in [2.75, 3.05) is 18.5 Å². The number of fused-ring (bicyclic) bond motifs is 1. The molecular formula is C24H21F3N4O. The van der Waals surface area contributed by atoms with E-state index in [9.17, 15) is 13.2 Å². The first-order valence-electron chi connectivity index (χ1n) is 10.5. The third-order valence-electron chi connectivity index (χ3n) is 5.64. The summed E-state index contributed by atoms with van der Waals surface area (Å²) in [5.41, 5.74) is 1.99. The molecule has 5 rings (SSSR count). The summed E-state index contributed by atoms with van der Waals surface area (Å²) in [6.45, 7) is 1.36. The molecule has 0 saturated carbocycles. The quantitative estimate of drug-likeness (QED) is 0.435. The summed E-state index contributed by atoms with van der Waals surface area (Å²) in [5, 5.41) is 4.13. The van der Waals surface area contributed by atoms with Crippen molar-refractivity contribution in [3.63, 3.8) is 0 Å². The fraction of sp³-hybridized carbons (Fsp3) is 0.250. The van der Waals surface area contributed by atoms with Crippen LogP contribution in [0.3, 0.4) is 0 Å². The van der Waals surface area contributed by atoms with Crippen LogP contribution >= 0.6 is 0 Å². The molecule has 2 aromatic carbocycles. The first-order valence-corrected chi connectivity index (χ1v) is 10.5. The zero-order chi connectivity index (χ0) is 22.1. The molecule has 0 spiro atoms. The summed E-state index contributed by atoms with van der Waals surface area (Å²) < 4.78 is 47.4. The lowest BCUT2D eigenvalue weighted by atomic mass is 10.1. The Balaban J connectivity index is 1.65. The molecule has 8 heteroatoms. The largest absolute Gasteiger partial charge is 0.416 e. The van der Waals surface area contributed by atoms with Gasteiger partial charge in [-0.05, 0) is 36.6 Å². The van der Waals surface area contributed by atoms with Gasteiger partial charge in [-0.25, -0.2) is 9.97 Å². The van der Waals surface area contributed by atoms with E-state index < -0.39 is 11.7 Å². The second-order valence-corrected chi connectivity index (χ2v) is 7.76. The summed E-state index contributed by atoms with van der Waals surface area (Å²) in [4.78, 5) is 8.88. The van der Waals surface area contributed by atoms with Crippen LogP contribution in [-0.4, -0.2) is 33.8 Å². The van der Waals surface area contributed by atoms with Gasteiger partial charge in [-0.15, -0.1) is 0 Å². The zero-order valence-electron chi connectivity index (χ0n) is 17.1. The molecule has 1 fully saturated rings. The van der Waals surface area contributed by atoms with Crippen molar-refractivity contribution in [1.29, 1.82) is 0 Å². The van der Waals surface area contributed by atoms with E-state index in [0.29, 0.717) is 23.7 Å². The van der Waals surface area contributed by atoms with Gasteiger partial charge in [0.25, 0.3) is 0 Å². The maximum Gasteiger partial charge on any atom is 0.416 e. The topological polar surface area (TPSA) is 52.0 Å². The number of alkyl halides is 3. The van der Waals surface area contributed by atoms with Gasteiger partial charge in [0, 0.05) is 30.6 Å². The highest BCUT2D eigenvalue weighted by Crippen LogP contribution is 2.37. The number of anilines is 1. The predicted molar refractivity (Wildman–Crippen MR) is 117 cm³/mol. The van der Waals surface area contributed by atoms with Crippen LogP contribution in [0.15, 0.2) is 67.1 Å². The Kier molecular flexibility index (Phi) is 5.30. The smallest absolute Gasteiger partial charge is 0.376 e. The van der Waals surface area contributed by atoms with E-state index in [1.54, 1.807) is 10.6 Å². The van der Waals surface area contributed by atoms with E-state index in [2.05, 4.69) is 15.3 Å². The Morgan fingerprint density at radius 1 is 1.06 bits per heavy atom. The third kappa shape index (κ3) is 3.93. The highest BCUT2D eigenvalue weighted by molar-refractivity contribution is 6.02. The first kappa shape index (κ1) is 20.5. The number of nitrogens with one attached hydrogen (secondary N) is 1. The third-order valence-corrected chi connectivity index (χ3v) is 5.64. The second kappa shape index (κ2) is 8.27. The monoisotopic (exact) mass is 438 g/mol. The minimum absolute atomic E-state index is 0.116. The van der Waals surface area contributed by atoms with Crippen molar-refractivity contribution < 1.29 is 17.9 Å². The van der Waals surface area contributed by atoms with Crippen molar-refractivity contribution in [2.45, 2.75) is 25.1 Å². The molecule has 1 aliphatic heterocycles. The number of nitrogens with zero attached hydrogens (tertiary/aromatic N) is 3. The van der Waals surface area contributed by atoms with E-state index in [1.165, 1.54) is 12.4 Å². The number of hydrogen-bond donors (Lipinski definition) is 1. The van der Waals surface area contributed by atoms with Crippen LogP contribution in [0.25, 0.3) is 27.8 Å². The summed E-state index contributed by atoms with van der Waals surface area (Å²) in [6.07, 6.45) is 0.959. The van der Waals surface area contributed by atoms with Crippen molar-refractivity contribution in [1.82, 2.24) is 14.5 Å². The number of ether oxygens (including phenoxy) is 1. The van der Waals surface area contributed by atoms with Gasteiger partial charge in [0.1, 0.15) is 12.1 Å². The van der Waals surface area contributed by atoms with Crippen LogP contribution in [0.2, 0.25) is 0 Å². The van der Waals surface area contributed by atoms with Gasteiger partial charge in [-0.3, -0.25) is 0 Å². The van der Waals surface area contributed by atoms with Crippen LogP contribution in [0.4, 0.5) is 19.0 Å². The van der Waals surface area contributed by atoms with Crippen molar-refractivity contribution >= 4 is 16.9 Å². The van der Waals surface area contributed by atoms with E-state index in [4.69, 9.17) is 4.74 Å². The van der Waals surface area contributed by atoms with Crippen molar-refractivity contribution in [3.05, 3.63) is 72.7 Å². The van der Waals surface area contributed by atoms with E-state index in [0.717, 1.165) is 48.1 Å². The Hall–Kier alpha value is -3.39. The molecule has 0 amide bonds. The maximum absolute atomic E-state index is 13.3. The molecule has 0 bridgehead atoms. The van der Waals surface area contributed by atoms with E-state index in [1.807, 2.05) is 36.5 Å². The van der Waals surface area contributed by atoms with Gasteiger partial charge in [0.05, 0.1) is 17.1 Å². The fourth-order valence-corrected chi connectivity index (χ4v) is 4.08. The number of halogens is 3. The molecule has 1 saturated heterocycles. The molecule has 1 unspecified atom stereocenters. The predicted octanol–water partition coefficient (Wildman–Crippen LogP) is 5.70. The van der Waals surface area contributed by atoms with Crippen LogP contribution < -0.4 is 5.32 Å². The lowest BCUT2D eigenvalue weighted by Gasteiger charge is -2.13. The number of hydrogen-bond acceptors (Lipinski definition) is 4. The summed E-state index contributed by atoms with van der Waals surface area (Å²) in [7, 11) is 0. The highest BCUT2D eigenvalue weighted by Gasteiger charge is 2.31. The molecule has 0 aliphatic carbocycles. The Labute approximate surface area is 182 Å². The summed E-state index contributed by atoms with van der Waals surface area (Å²) in [6, 6.07) is 14.9. The van der Waals surface area contributed by atoms with Gasteiger partial charge in [-0.2, -0.15) is 13.2 Å². The second-order valence-electron chi connectivity index (χ2n) is 7.76. The molecule has 1 atom stereocenters. The van der Waals surface area contributed by atoms with Crippen LogP contribution in [-0.2, 0) is 10.9 Å². The lowest BCUT2D eigenvalue weighted by Crippen LogP contribution is -2.19. The van der Waals surface area contributed by atoms with E-state index >= 15 is 0 Å². The molecule has 1 aliphatic rings. The molecule has 3 heterocycles. The molecule has 4 aromatic rings. The average Bonchev–Trinajstić information content (AvgIpc) is 3.46. The first-order chi connectivity index (χ1) is 15.5. The molecule has 2 aromatic heterocycles. The highest BCUT2D eigenvalue weighted by atomic mass is 19.4. The van der Waals surface area contributed by atoms with Gasteiger partial charge in [-0.1, -0.05) is 36.4 Å². The zero-order valence-corrected chi connectivity index (χ0v) is 17.1. The Morgan fingerprint density at radius 2 is 1.91 bits per heavy atom. The van der Waals surface area contributed by atoms with Crippen LogP contribution in [0.1, 0.15) is 18.4 Å². The van der Waals surface area contributed by atoms with Crippen molar-refractivity contribution in [3.8, 4) is 16.8 Å². The minimum atomic E-state index is -4.43. The number of rotatable bonds is 5. The molecule has 0 radical (unpaired) electrons. The summed E-state index contributed by atoms with van der Waals surface area (Å²) in [5.74, 6) is 0.634. The van der Waals surface area contributed by atoms with E-state index in [-0.39, 0.29) is 6.10 Å². The van der Waals surface area contributed by atoms with Crippen LogP contribution in [0, 0.1) is 0 Å². The molecule has 32 heavy (non-hydrogen) atoms.